The molecular formula is C20H20ClN3O3S. The molecule has 1 aliphatic heterocycles. The van der Waals surface area contributed by atoms with Crippen LogP contribution in [0.1, 0.15) is 18.2 Å². The van der Waals surface area contributed by atoms with Crippen LogP contribution >= 0.6 is 11.6 Å². The maximum Gasteiger partial charge on any atom is 0.211 e. The number of ether oxygens (including phenoxy) is 1. The molecule has 0 amide bonds. The summed E-state index contributed by atoms with van der Waals surface area (Å²) in [5.41, 5.74) is 4.24. The Hall–Kier alpha value is -2.35. The fourth-order valence-corrected chi connectivity index (χ4v) is 4.26. The number of benzene rings is 2. The summed E-state index contributed by atoms with van der Waals surface area (Å²) in [5.74, 6) is 0.723. The van der Waals surface area contributed by atoms with Crippen LogP contribution in [0.15, 0.2) is 48.5 Å². The molecule has 0 spiro atoms. The SMILES string of the molecule is CCOc1ccccc1-n1nc2c(c1-c1ccc(Cl)cc1)CN(S(C)(=O)=O)C2. The van der Waals surface area contributed by atoms with Crippen LogP contribution in [0.25, 0.3) is 16.9 Å². The molecule has 0 radical (unpaired) electrons. The number of aromatic nitrogens is 2. The van der Waals surface area contributed by atoms with Crippen LogP contribution in [0.2, 0.25) is 5.02 Å². The van der Waals surface area contributed by atoms with Gasteiger partial charge in [0.15, 0.2) is 0 Å². The van der Waals surface area contributed by atoms with Crippen LogP contribution in [0.5, 0.6) is 5.75 Å². The quantitative estimate of drug-likeness (QED) is 0.632. The van der Waals surface area contributed by atoms with Gasteiger partial charge in [0.25, 0.3) is 0 Å². The Balaban J connectivity index is 1.91. The highest BCUT2D eigenvalue weighted by atomic mass is 35.5. The monoisotopic (exact) mass is 417 g/mol. The summed E-state index contributed by atoms with van der Waals surface area (Å²) >= 11 is 6.07. The van der Waals surface area contributed by atoms with Crippen LogP contribution in [0, 0.1) is 0 Å². The van der Waals surface area contributed by atoms with Crippen molar-refractivity contribution in [2.24, 2.45) is 0 Å². The number of nitrogens with zero attached hydrogens (tertiary/aromatic N) is 3. The predicted octanol–water partition coefficient (Wildman–Crippen LogP) is 3.87. The van der Waals surface area contributed by atoms with Gasteiger partial charge in [-0.05, 0) is 31.2 Å². The molecule has 0 saturated carbocycles. The minimum Gasteiger partial charge on any atom is -0.492 e. The maximum atomic E-state index is 12.0. The van der Waals surface area contributed by atoms with Crippen molar-refractivity contribution >= 4 is 21.6 Å². The number of hydrogen-bond donors (Lipinski definition) is 0. The molecule has 0 unspecified atom stereocenters. The molecule has 0 saturated heterocycles. The van der Waals surface area contributed by atoms with Gasteiger partial charge < -0.3 is 4.74 Å². The fourth-order valence-electron chi connectivity index (χ4n) is 3.41. The Morgan fingerprint density at radius 3 is 2.50 bits per heavy atom. The van der Waals surface area contributed by atoms with E-state index in [-0.39, 0.29) is 6.54 Å². The number of hydrogen-bond acceptors (Lipinski definition) is 4. The van der Waals surface area contributed by atoms with Crippen molar-refractivity contribution in [1.29, 1.82) is 0 Å². The van der Waals surface area contributed by atoms with E-state index in [2.05, 4.69) is 0 Å². The van der Waals surface area contributed by atoms with E-state index in [4.69, 9.17) is 21.4 Å². The third-order valence-corrected chi connectivity index (χ3v) is 6.16. The standard InChI is InChI=1S/C20H20ClN3O3S/c1-3-27-19-7-5-4-6-18(19)24-20(14-8-10-15(21)11-9-14)16-12-23(28(2,25)26)13-17(16)22-24/h4-11H,3,12-13H2,1-2H3. The highest BCUT2D eigenvalue weighted by Crippen LogP contribution is 2.37. The van der Waals surface area contributed by atoms with E-state index >= 15 is 0 Å². The van der Waals surface area contributed by atoms with Crippen molar-refractivity contribution in [2.45, 2.75) is 20.0 Å². The number of sulfonamides is 1. The third-order valence-electron chi connectivity index (χ3n) is 4.71. The van der Waals surface area contributed by atoms with Gasteiger partial charge in [0.1, 0.15) is 11.4 Å². The topological polar surface area (TPSA) is 64.4 Å². The van der Waals surface area contributed by atoms with Gasteiger partial charge in [-0.15, -0.1) is 0 Å². The molecule has 6 nitrogen and oxygen atoms in total. The Morgan fingerprint density at radius 2 is 1.82 bits per heavy atom. The van der Waals surface area contributed by atoms with Crippen LogP contribution in [-0.4, -0.2) is 35.4 Å². The molecule has 0 N–H and O–H groups in total. The minimum absolute atomic E-state index is 0.262. The van der Waals surface area contributed by atoms with Gasteiger partial charge in [-0.3, -0.25) is 0 Å². The lowest BCUT2D eigenvalue weighted by molar-refractivity contribution is 0.338. The van der Waals surface area contributed by atoms with E-state index in [1.54, 1.807) is 0 Å². The first-order valence-electron chi connectivity index (χ1n) is 8.92. The van der Waals surface area contributed by atoms with Gasteiger partial charge in [-0.1, -0.05) is 35.9 Å². The average Bonchev–Trinajstić information content (AvgIpc) is 3.21. The minimum atomic E-state index is -3.30. The molecule has 0 fully saturated rings. The highest BCUT2D eigenvalue weighted by molar-refractivity contribution is 7.88. The van der Waals surface area contributed by atoms with E-state index in [1.165, 1.54) is 10.6 Å². The van der Waals surface area contributed by atoms with E-state index in [0.29, 0.717) is 18.2 Å². The highest BCUT2D eigenvalue weighted by Gasteiger charge is 2.33. The Morgan fingerprint density at radius 1 is 1.11 bits per heavy atom. The molecule has 0 bridgehead atoms. The third kappa shape index (κ3) is 3.41. The Kier molecular flexibility index (Phi) is 4.91. The molecule has 3 aromatic rings. The van der Waals surface area contributed by atoms with E-state index in [1.807, 2.05) is 60.1 Å². The van der Waals surface area contributed by atoms with E-state index in [0.717, 1.165) is 34.0 Å². The summed E-state index contributed by atoms with van der Waals surface area (Å²) in [6.07, 6.45) is 1.22. The van der Waals surface area contributed by atoms with Gasteiger partial charge >= 0.3 is 0 Å². The first-order chi connectivity index (χ1) is 13.4. The zero-order chi connectivity index (χ0) is 19.9. The van der Waals surface area contributed by atoms with Crippen LogP contribution in [-0.2, 0) is 23.1 Å². The number of para-hydroxylation sites is 2. The van der Waals surface area contributed by atoms with Gasteiger partial charge in [0.2, 0.25) is 10.0 Å². The van der Waals surface area contributed by atoms with Gasteiger partial charge in [0, 0.05) is 22.7 Å². The molecule has 8 heteroatoms. The molecule has 1 aromatic heterocycles. The maximum absolute atomic E-state index is 12.0. The lowest BCUT2D eigenvalue weighted by atomic mass is 10.1. The van der Waals surface area contributed by atoms with Crippen molar-refractivity contribution in [3.8, 4) is 22.7 Å². The summed E-state index contributed by atoms with van der Waals surface area (Å²) in [7, 11) is -3.30. The summed E-state index contributed by atoms with van der Waals surface area (Å²) in [5, 5.41) is 5.40. The summed E-state index contributed by atoms with van der Waals surface area (Å²) < 4.78 is 33.1. The van der Waals surface area contributed by atoms with Crippen LogP contribution < -0.4 is 4.74 Å². The van der Waals surface area contributed by atoms with Crippen LogP contribution in [0.3, 0.4) is 0 Å². The first-order valence-corrected chi connectivity index (χ1v) is 11.1. The molecule has 1 aliphatic rings. The summed E-state index contributed by atoms with van der Waals surface area (Å²) in [6.45, 7) is 3.03. The van der Waals surface area contributed by atoms with Crippen molar-refractivity contribution < 1.29 is 13.2 Å². The fraction of sp³-hybridized carbons (Fsp3) is 0.250. The van der Waals surface area contributed by atoms with Crippen molar-refractivity contribution in [3.63, 3.8) is 0 Å². The summed E-state index contributed by atoms with van der Waals surface area (Å²) in [6, 6.07) is 15.2. The normalized spacial score (nSPS) is 14.2. The molecule has 146 valence electrons. The number of halogens is 1. The molecule has 2 aromatic carbocycles. The summed E-state index contributed by atoms with van der Waals surface area (Å²) in [4.78, 5) is 0. The van der Waals surface area contributed by atoms with Crippen LogP contribution in [0.4, 0.5) is 0 Å². The van der Waals surface area contributed by atoms with Crippen molar-refractivity contribution in [1.82, 2.24) is 14.1 Å². The number of rotatable bonds is 5. The predicted molar refractivity (Wildman–Crippen MR) is 109 cm³/mol. The second-order valence-corrected chi connectivity index (χ2v) is 9.04. The van der Waals surface area contributed by atoms with E-state index in [9.17, 15) is 8.42 Å². The molecule has 0 atom stereocenters. The second kappa shape index (κ2) is 7.24. The molecule has 4 rings (SSSR count). The average molecular weight is 418 g/mol. The largest absolute Gasteiger partial charge is 0.492 e. The second-order valence-electron chi connectivity index (χ2n) is 6.62. The van der Waals surface area contributed by atoms with Crippen molar-refractivity contribution in [3.05, 3.63) is 64.8 Å². The smallest absolute Gasteiger partial charge is 0.211 e. The van der Waals surface area contributed by atoms with Gasteiger partial charge in [-0.25, -0.2) is 13.1 Å². The molecule has 28 heavy (non-hydrogen) atoms. The van der Waals surface area contributed by atoms with Gasteiger partial charge in [0.05, 0.1) is 30.8 Å². The zero-order valence-corrected chi connectivity index (χ0v) is 17.2. The lowest BCUT2D eigenvalue weighted by Gasteiger charge is -2.16. The van der Waals surface area contributed by atoms with Gasteiger partial charge in [-0.2, -0.15) is 9.40 Å². The molecular weight excluding hydrogens is 398 g/mol. The van der Waals surface area contributed by atoms with Crippen molar-refractivity contribution in [2.75, 3.05) is 12.9 Å². The molecule has 2 heterocycles. The first kappa shape index (κ1) is 19.0. The lowest BCUT2D eigenvalue weighted by Crippen LogP contribution is -2.24. The Bertz CT molecular complexity index is 1120. The molecule has 0 aliphatic carbocycles. The Labute approximate surface area is 169 Å². The number of fused-ring (bicyclic) bond motifs is 1. The zero-order valence-electron chi connectivity index (χ0n) is 15.6. The van der Waals surface area contributed by atoms with E-state index < -0.39 is 10.0 Å².